The molecule has 1 aromatic rings. The number of benzene rings is 1. The molecule has 0 aromatic heterocycles. The van der Waals surface area contributed by atoms with Crippen molar-refractivity contribution < 1.29 is 12.8 Å². The lowest BCUT2D eigenvalue weighted by molar-refractivity contribution is 0.421. The van der Waals surface area contributed by atoms with Crippen LogP contribution in [-0.2, 0) is 10.0 Å². The highest BCUT2D eigenvalue weighted by molar-refractivity contribution is 9.09. The second-order valence-electron chi connectivity index (χ2n) is 4.36. The van der Waals surface area contributed by atoms with E-state index < -0.39 is 15.8 Å². The minimum Gasteiger partial charge on any atom is -0.207 e. The van der Waals surface area contributed by atoms with Crippen LogP contribution in [0, 0.1) is 12.7 Å². The highest BCUT2D eigenvalue weighted by Gasteiger charge is 2.25. The average molecular weight is 352 g/mol. The van der Waals surface area contributed by atoms with Crippen molar-refractivity contribution in [1.82, 2.24) is 4.31 Å². The molecule has 19 heavy (non-hydrogen) atoms. The fourth-order valence-corrected chi connectivity index (χ4v) is 4.15. The lowest BCUT2D eigenvalue weighted by atomic mass is 10.2. The molecule has 6 heteroatoms. The Bertz CT molecular complexity index is 519. The van der Waals surface area contributed by atoms with Crippen molar-refractivity contribution in [2.24, 2.45) is 0 Å². The summed E-state index contributed by atoms with van der Waals surface area (Å²) >= 11 is 3.26. The fourth-order valence-electron chi connectivity index (χ4n) is 1.77. The molecule has 0 saturated heterocycles. The van der Waals surface area contributed by atoms with Crippen LogP contribution in [0.15, 0.2) is 23.1 Å². The molecule has 0 bridgehead atoms. The van der Waals surface area contributed by atoms with Gasteiger partial charge in [0.15, 0.2) is 0 Å². The maximum atomic E-state index is 13.3. The topological polar surface area (TPSA) is 37.4 Å². The molecule has 0 radical (unpaired) electrons. The number of aryl methyl sites for hydroxylation is 1. The molecule has 0 spiro atoms. The molecule has 3 nitrogen and oxygen atoms in total. The Kier molecular flexibility index (Phi) is 6.42. The smallest absolute Gasteiger partial charge is 0.207 e. The second-order valence-corrected chi connectivity index (χ2v) is 7.06. The maximum absolute atomic E-state index is 13.3. The third kappa shape index (κ3) is 4.26. The van der Waals surface area contributed by atoms with Gasteiger partial charge >= 0.3 is 0 Å². The number of rotatable bonds is 7. The van der Waals surface area contributed by atoms with Gasteiger partial charge in [0, 0.05) is 18.4 Å². The molecule has 0 heterocycles. The molecule has 1 aromatic carbocycles. The van der Waals surface area contributed by atoms with Crippen molar-refractivity contribution in [2.75, 3.05) is 18.4 Å². The van der Waals surface area contributed by atoms with Crippen LogP contribution in [0.5, 0.6) is 0 Å². The first kappa shape index (κ1) is 16.6. The van der Waals surface area contributed by atoms with Crippen molar-refractivity contribution in [2.45, 2.75) is 31.6 Å². The summed E-state index contributed by atoms with van der Waals surface area (Å²) in [5, 5.41) is 0.560. The quantitative estimate of drug-likeness (QED) is 0.706. The Hall–Kier alpha value is -0.460. The van der Waals surface area contributed by atoms with Crippen molar-refractivity contribution in [3.8, 4) is 0 Å². The zero-order chi connectivity index (χ0) is 14.5. The Morgan fingerprint density at radius 2 is 2.00 bits per heavy atom. The molecule has 0 aliphatic heterocycles. The van der Waals surface area contributed by atoms with E-state index in [9.17, 15) is 12.8 Å². The maximum Gasteiger partial charge on any atom is 0.243 e. The first-order valence-corrected chi connectivity index (χ1v) is 8.82. The van der Waals surface area contributed by atoms with Crippen LogP contribution in [-0.4, -0.2) is 31.1 Å². The Morgan fingerprint density at radius 1 is 1.32 bits per heavy atom. The number of sulfonamides is 1. The molecule has 0 N–H and O–H groups in total. The number of nitrogens with zero attached hydrogens (tertiary/aromatic N) is 1. The number of halogens is 2. The first-order chi connectivity index (χ1) is 8.93. The molecule has 0 aliphatic carbocycles. The minimum atomic E-state index is -3.63. The van der Waals surface area contributed by atoms with Gasteiger partial charge in [0.2, 0.25) is 10.0 Å². The van der Waals surface area contributed by atoms with E-state index in [1.54, 1.807) is 6.92 Å². The summed E-state index contributed by atoms with van der Waals surface area (Å²) in [5.41, 5.74) is 0.567. The van der Waals surface area contributed by atoms with Gasteiger partial charge in [-0.05, 0) is 31.0 Å². The van der Waals surface area contributed by atoms with E-state index in [1.165, 1.54) is 16.4 Å². The van der Waals surface area contributed by atoms with Crippen molar-refractivity contribution in [1.29, 1.82) is 0 Å². The SMILES string of the molecule is CCCCN(CCBr)S(=O)(=O)c1cc(F)ccc1C. The lowest BCUT2D eigenvalue weighted by Crippen LogP contribution is -2.34. The standard InChI is InChI=1S/C13H19BrFNO2S/c1-3-4-8-16(9-7-14)19(17,18)13-10-12(15)6-5-11(13)2/h5-6,10H,3-4,7-9H2,1-2H3. The summed E-state index contributed by atoms with van der Waals surface area (Å²) in [6.07, 6.45) is 1.71. The highest BCUT2D eigenvalue weighted by atomic mass is 79.9. The Morgan fingerprint density at radius 3 is 2.58 bits per heavy atom. The third-order valence-corrected chi connectivity index (χ3v) is 5.26. The van der Waals surface area contributed by atoms with E-state index in [1.807, 2.05) is 6.92 Å². The Balaban J connectivity index is 3.14. The van der Waals surface area contributed by atoms with Crippen LogP contribution in [0.2, 0.25) is 0 Å². The van der Waals surface area contributed by atoms with E-state index in [0.717, 1.165) is 18.9 Å². The number of unbranched alkanes of at least 4 members (excludes halogenated alkanes) is 1. The number of hydrogen-bond donors (Lipinski definition) is 0. The van der Waals surface area contributed by atoms with Gasteiger partial charge < -0.3 is 0 Å². The summed E-state index contributed by atoms with van der Waals surface area (Å²) in [7, 11) is -3.63. The van der Waals surface area contributed by atoms with Crippen LogP contribution < -0.4 is 0 Å². The average Bonchev–Trinajstić information content (AvgIpc) is 2.37. The van der Waals surface area contributed by atoms with Gasteiger partial charge in [-0.15, -0.1) is 0 Å². The monoisotopic (exact) mass is 351 g/mol. The van der Waals surface area contributed by atoms with Crippen molar-refractivity contribution in [3.63, 3.8) is 0 Å². The van der Waals surface area contributed by atoms with Gasteiger partial charge in [-0.1, -0.05) is 35.3 Å². The summed E-state index contributed by atoms with van der Waals surface area (Å²) in [6, 6.07) is 3.86. The summed E-state index contributed by atoms with van der Waals surface area (Å²) in [6.45, 7) is 4.53. The fraction of sp³-hybridized carbons (Fsp3) is 0.538. The van der Waals surface area contributed by atoms with E-state index in [0.29, 0.717) is 24.0 Å². The van der Waals surface area contributed by atoms with Crippen LogP contribution in [0.1, 0.15) is 25.3 Å². The lowest BCUT2D eigenvalue weighted by Gasteiger charge is -2.22. The first-order valence-electron chi connectivity index (χ1n) is 6.25. The Labute approximate surface area is 123 Å². The molecule has 0 fully saturated rings. The molecule has 0 atom stereocenters. The van der Waals surface area contributed by atoms with Gasteiger partial charge in [0.1, 0.15) is 5.82 Å². The summed E-state index contributed by atoms with van der Waals surface area (Å²) in [4.78, 5) is 0.0598. The van der Waals surface area contributed by atoms with E-state index in [4.69, 9.17) is 0 Å². The molecule has 1 rings (SSSR count). The zero-order valence-electron chi connectivity index (χ0n) is 11.2. The van der Waals surface area contributed by atoms with E-state index in [2.05, 4.69) is 15.9 Å². The zero-order valence-corrected chi connectivity index (χ0v) is 13.6. The second kappa shape index (κ2) is 7.36. The predicted molar refractivity (Wildman–Crippen MR) is 78.6 cm³/mol. The predicted octanol–water partition coefficient (Wildman–Crippen LogP) is 3.32. The van der Waals surface area contributed by atoms with Crippen LogP contribution >= 0.6 is 15.9 Å². The van der Waals surface area contributed by atoms with Crippen LogP contribution in [0.4, 0.5) is 4.39 Å². The molecule has 0 unspecified atom stereocenters. The molecular formula is C13H19BrFNO2S. The van der Waals surface area contributed by atoms with Gasteiger partial charge in [-0.3, -0.25) is 0 Å². The molecule has 0 amide bonds. The van der Waals surface area contributed by atoms with Gasteiger partial charge in [-0.25, -0.2) is 12.8 Å². The van der Waals surface area contributed by atoms with Crippen LogP contribution in [0.3, 0.4) is 0 Å². The molecule has 0 saturated carbocycles. The van der Waals surface area contributed by atoms with Crippen LogP contribution in [0.25, 0.3) is 0 Å². The van der Waals surface area contributed by atoms with Gasteiger partial charge in [0.25, 0.3) is 0 Å². The molecular weight excluding hydrogens is 333 g/mol. The molecule has 108 valence electrons. The summed E-state index contributed by atoms with van der Waals surface area (Å²) in [5.74, 6) is -0.529. The van der Waals surface area contributed by atoms with Gasteiger partial charge in [-0.2, -0.15) is 4.31 Å². The number of hydrogen-bond acceptors (Lipinski definition) is 2. The normalized spacial score (nSPS) is 12.1. The molecule has 0 aliphatic rings. The summed E-state index contributed by atoms with van der Waals surface area (Å²) < 4.78 is 39.8. The highest BCUT2D eigenvalue weighted by Crippen LogP contribution is 2.21. The minimum absolute atomic E-state index is 0.0598. The van der Waals surface area contributed by atoms with Gasteiger partial charge in [0.05, 0.1) is 4.90 Å². The third-order valence-electron chi connectivity index (χ3n) is 2.86. The van der Waals surface area contributed by atoms with Crippen molar-refractivity contribution in [3.05, 3.63) is 29.6 Å². The van der Waals surface area contributed by atoms with Crippen molar-refractivity contribution >= 4 is 26.0 Å². The van der Waals surface area contributed by atoms with E-state index in [-0.39, 0.29) is 4.90 Å². The number of alkyl halides is 1. The van der Waals surface area contributed by atoms with E-state index >= 15 is 0 Å². The largest absolute Gasteiger partial charge is 0.243 e.